The first kappa shape index (κ1) is 38.1. The number of benzene rings is 4. The van der Waals surface area contributed by atoms with Crippen LogP contribution in [-0.4, -0.2) is 83.9 Å². The van der Waals surface area contributed by atoms with Crippen molar-refractivity contribution in [1.82, 2.24) is 25.1 Å². The van der Waals surface area contributed by atoms with Crippen LogP contribution in [0, 0.1) is 5.82 Å². The SMILES string of the molecule is COc1cc(CN(C[C@@H](Cc2c[nH]c3ccccc23)NC(=O)CN2CCC(c3c[nH]c4ccc(NC(=O)c5ccc(F)cc5)cc34)CC2)C(C)=O)cc(OC)c1. The number of methoxy groups -OCH3 is 2. The van der Waals surface area contributed by atoms with Crippen molar-refractivity contribution in [2.45, 2.75) is 44.7 Å². The molecular weight excluding hydrogens is 712 g/mol. The largest absolute Gasteiger partial charge is 0.497 e. The zero-order valence-corrected chi connectivity index (χ0v) is 31.9. The lowest BCUT2D eigenvalue weighted by Crippen LogP contribution is -2.49. The number of likely N-dealkylation sites (tertiary alicyclic amines) is 1. The number of carbonyl (C=O) groups excluding carboxylic acids is 3. The Kier molecular flexibility index (Phi) is 11.7. The molecule has 7 rings (SSSR count). The minimum absolute atomic E-state index is 0.0894. The third-order valence-electron chi connectivity index (χ3n) is 10.6. The van der Waals surface area contributed by atoms with Crippen molar-refractivity contribution in [1.29, 1.82) is 0 Å². The first-order chi connectivity index (χ1) is 27.1. The highest BCUT2D eigenvalue weighted by atomic mass is 19.1. The number of fused-ring (bicyclic) bond motifs is 2. The molecule has 2 aromatic heterocycles. The molecule has 56 heavy (non-hydrogen) atoms. The second kappa shape index (κ2) is 17.1. The summed E-state index contributed by atoms with van der Waals surface area (Å²) in [6.07, 6.45) is 6.30. The number of aromatic nitrogens is 2. The van der Waals surface area contributed by atoms with Crippen LogP contribution in [0.2, 0.25) is 0 Å². The van der Waals surface area contributed by atoms with Crippen molar-refractivity contribution >= 4 is 45.2 Å². The van der Waals surface area contributed by atoms with E-state index in [2.05, 4.69) is 31.6 Å². The average Bonchev–Trinajstić information content (AvgIpc) is 3.82. The molecule has 0 aliphatic carbocycles. The van der Waals surface area contributed by atoms with Crippen LogP contribution in [0.5, 0.6) is 11.5 Å². The van der Waals surface area contributed by atoms with Crippen LogP contribution in [0.25, 0.3) is 21.8 Å². The summed E-state index contributed by atoms with van der Waals surface area (Å²) in [6, 6.07) is 24.5. The van der Waals surface area contributed by atoms with Gasteiger partial charge in [-0.25, -0.2) is 4.39 Å². The van der Waals surface area contributed by atoms with Gasteiger partial charge in [0, 0.05) is 71.5 Å². The molecule has 0 spiro atoms. The molecule has 1 aliphatic rings. The highest BCUT2D eigenvalue weighted by Gasteiger charge is 2.26. The van der Waals surface area contributed by atoms with Crippen LogP contribution < -0.4 is 20.1 Å². The summed E-state index contributed by atoms with van der Waals surface area (Å²) in [5.74, 6) is 0.661. The Morgan fingerprint density at radius 1 is 0.875 bits per heavy atom. The van der Waals surface area contributed by atoms with E-state index in [1.165, 1.54) is 29.8 Å². The highest BCUT2D eigenvalue weighted by Crippen LogP contribution is 2.34. The molecule has 1 fully saturated rings. The number of amides is 3. The van der Waals surface area contributed by atoms with Crippen LogP contribution in [0.4, 0.5) is 10.1 Å². The average molecular weight is 759 g/mol. The smallest absolute Gasteiger partial charge is 0.255 e. The summed E-state index contributed by atoms with van der Waals surface area (Å²) < 4.78 is 24.3. The number of ether oxygens (including phenoxy) is 2. The maximum absolute atomic E-state index is 13.8. The van der Waals surface area contributed by atoms with Gasteiger partial charge in [0.2, 0.25) is 11.8 Å². The van der Waals surface area contributed by atoms with Gasteiger partial charge in [-0.1, -0.05) is 18.2 Å². The summed E-state index contributed by atoms with van der Waals surface area (Å²) in [7, 11) is 3.19. The third kappa shape index (κ3) is 9.03. The van der Waals surface area contributed by atoms with Crippen molar-refractivity contribution in [2.24, 2.45) is 0 Å². The van der Waals surface area contributed by atoms with Gasteiger partial charge >= 0.3 is 0 Å². The monoisotopic (exact) mass is 758 g/mol. The Balaban J connectivity index is 1.01. The first-order valence-electron chi connectivity index (χ1n) is 18.9. The van der Waals surface area contributed by atoms with Gasteiger partial charge in [0.15, 0.2) is 0 Å². The lowest BCUT2D eigenvalue weighted by Gasteiger charge is -2.32. The van der Waals surface area contributed by atoms with E-state index in [-0.39, 0.29) is 36.2 Å². The molecule has 0 bridgehead atoms. The number of nitrogens with one attached hydrogen (secondary N) is 4. The Morgan fingerprint density at radius 2 is 1.57 bits per heavy atom. The van der Waals surface area contributed by atoms with E-state index in [9.17, 15) is 18.8 Å². The second-order valence-electron chi connectivity index (χ2n) is 14.5. The number of H-pyrrole nitrogens is 2. The maximum atomic E-state index is 13.8. The molecule has 0 saturated carbocycles. The van der Waals surface area contributed by atoms with Crippen molar-refractivity contribution < 1.29 is 28.2 Å². The van der Waals surface area contributed by atoms with Crippen LogP contribution in [0.15, 0.2) is 97.3 Å². The fourth-order valence-electron chi connectivity index (χ4n) is 7.72. The van der Waals surface area contributed by atoms with Gasteiger partial charge in [-0.3, -0.25) is 19.3 Å². The van der Waals surface area contributed by atoms with E-state index >= 15 is 0 Å². The molecule has 0 radical (unpaired) electrons. The molecule has 11 nitrogen and oxygen atoms in total. The van der Waals surface area contributed by atoms with Gasteiger partial charge in [-0.05, 0) is 116 Å². The van der Waals surface area contributed by atoms with Crippen molar-refractivity contribution in [3.8, 4) is 11.5 Å². The van der Waals surface area contributed by atoms with Crippen LogP contribution in [0.3, 0.4) is 0 Å². The zero-order valence-electron chi connectivity index (χ0n) is 31.9. The zero-order chi connectivity index (χ0) is 39.2. The Bertz CT molecular complexity index is 2310. The summed E-state index contributed by atoms with van der Waals surface area (Å²) >= 11 is 0. The molecule has 6 aromatic rings. The molecular formula is C44H47FN6O5. The van der Waals surface area contributed by atoms with Crippen molar-refractivity contribution in [2.75, 3.05) is 45.7 Å². The topological polar surface area (TPSA) is 132 Å². The number of rotatable bonds is 14. The summed E-state index contributed by atoms with van der Waals surface area (Å²) in [4.78, 5) is 50.3. The van der Waals surface area contributed by atoms with Gasteiger partial charge in [-0.2, -0.15) is 0 Å². The van der Waals surface area contributed by atoms with Gasteiger partial charge in [0.1, 0.15) is 17.3 Å². The molecule has 3 amide bonds. The molecule has 12 heteroatoms. The normalized spacial score (nSPS) is 14.1. The minimum Gasteiger partial charge on any atom is -0.497 e. The Labute approximate surface area is 325 Å². The number of anilines is 1. The Morgan fingerprint density at radius 3 is 2.29 bits per heavy atom. The fraction of sp³-hybridized carbons (Fsp3) is 0.295. The number of aromatic amines is 2. The number of nitrogens with zero attached hydrogens (tertiary/aromatic N) is 2. The fourth-order valence-corrected chi connectivity index (χ4v) is 7.72. The number of hydrogen-bond acceptors (Lipinski definition) is 6. The number of halogens is 1. The van der Waals surface area contributed by atoms with Crippen molar-refractivity contribution in [3.63, 3.8) is 0 Å². The predicted molar refractivity (Wildman–Crippen MR) is 216 cm³/mol. The number of para-hydroxylation sites is 1. The van der Waals surface area contributed by atoms with E-state index < -0.39 is 5.82 Å². The molecule has 4 N–H and O–H groups in total. The predicted octanol–water partition coefficient (Wildman–Crippen LogP) is 7.01. The van der Waals surface area contributed by atoms with E-state index in [0.29, 0.717) is 42.3 Å². The van der Waals surface area contributed by atoms with Crippen LogP contribution in [-0.2, 0) is 22.6 Å². The Hall–Kier alpha value is -6.14. The van der Waals surface area contributed by atoms with E-state index in [0.717, 1.165) is 58.9 Å². The molecule has 1 atom stereocenters. The molecule has 1 saturated heterocycles. The van der Waals surface area contributed by atoms with Gasteiger partial charge in [0.05, 0.1) is 26.8 Å². The summed E-state index contributed by atoms with van der Waals surface area (Å²) in [5.41, 5.74) is 6.14. The van der Waals surface area contributed by atoms with E-state index in [1.807, 2.05) is 60.9 Å². The van der Waals surface area contributed by atoms with Gasteiger partial charge < -0.3 is 35.0 Å². The van der Waals surface area contributed by atoms with Crippen molar-refractivity contribution in [3.05, 3.63) is 125 Å². The standard InChI is InChI=1S/C44H47FN6O5/c1-28(52)51(25-29-18-36(55-2)22-37(19-29)56-3)26-35(20-32-23-46-41-7-5-4-6-38(32)41)48-43(53)27-50-16-14-30(15-17-50)40-24-47-42-13-12-34(21-39(40)42)49-44(54)31-8-10-33(45)11-9-31/h4-13,18-19,21-24,30,35,46-47H,14-17,20,25-27H2,1-3H3,(H,48,53)(H,49,54)/t35-/m1/s1. The maximum Gasteiger partial charge on any atom is 0.255 e. The lowest BCUT2D eigenvalue weighted by molar-refractivity contribution is -0.131. The highest BCUT2D eigenvalue weighted by molar-refractivity contribution is 6.05. The number of carbonyl (C=O) groups is 3. The van der Waals surface area contributed by atoms with Gasteiger partial charge in [0.25, 0.3) is 5.91 Å². The van der Waals surface area contributed by atoms with E-state index in [1.54, 1.807) is 32.1 Å². The third-order valence-corrected chi connectivity index (χ3v) is 10.6. The van der Waals surface area contributed by atoms with Gasteiger partial charge in [-0.15, -0.1) is 0 Å². The van der Waals surface area contributed by atoms with Crippen LogP contribution >= 0.6 is 0 Å². The summed E-state index contributed by atoms with van der Waals surface area (Å²) in [6.45, 7) is 3.93. The second-order valence-corrected chi connectivity index (χ2v) is 14.5. The molecule has 3 heterocycles. The molecule has 4 aromatic carbocycles. The quantitative estimate of drug-likeness (QED) is 0.0946. The van der Waals surface area contributed by atoms with E-state index in [4.69, 9.17) is 9.47 Å². The lowest BCUT2D eigenvalue weighted by atomic mass is 9.89. The molecule has 1 aliphatic heterocycles. The minimum atomic E-state index is -0.392. The molecule has 0 unspecified atom stereocenters. The number of piperidine rings is 1. The molecule has 290 valence electrons. The van der Waals surface area contributed by atoms with Crippen LogP contribution in [0.1, 0.15) is 52.7 Å². The first-order valence-corrected chi connectivity index (χ1v) is 18.9. The number of hydrogen-bond donors (Lipinski definition) is 4. The summed E-state index contributed by atoms with van der Waals surface area (Å²) in [5, 5.41) is 8.35.